The van der Waals surface area contributed by atoms with Crippen molar-refractivity contribution in [3.63, 3.8) is 0 Å². The highest BCUT2D eigenvalue weighted by molar-refractivity contribution is 14.1. The number of hydrogen-bond donors (Lipinski definition) is 0. The van der Waals surface area contributed by atoms with Crippen LogP contribution in [0.5, 0.6) is 0 Å². The predicted octanol–water partition coefficient (Wildman–Crippen LogP) is 3.73. The molecule has 2 aromatic heterocycles. The first-order valence-corrected chi connectivity index (χ1v) is 6.37. The van der Waals surface area contributed by atoms with Gasteiger partial charge < -0.3 is 0 Å². The molecule has 0 aliphatic carbocycles. The van der Waals surface area contributed by atoms with Gasteiger partial charge in [-0.25, -0.2) is 4.98 Å². The average Bonchev–Trinajstić information content (AvgIpc) is 2.72. The van der Waals surface area contributed by atoms with E-state index in [9.17, 15) is 17.6 Å². The van der Waals surface area contributed by atoms with Crippen LogP contribution in [-0.2, 0) is 12.7 Å². The van der Waals surface area contributed by atoms with Crippen molar-refractivity contribution in [2.45, 2.75) is 19.6 Å². The number of rotatable bonds is 2. The number of alkyl halides is 3. The Morgan fingerprint density at radius 2 is 2.05 bits per heavy atom. The van der Waals surface area contributed by atoms with Crippen LogP contribution in [0.4, 0.5) is 17.6 Å². The number of halogens is 5. The molecular weight excluding hydrogens is 377 g/mol. The molecular formula is C11H8F4IN3. The van der Waals surface area contributed by atoms with Crippen LogP contribution in [0.2, 0.25) is 0 Å². The van der Waals surface area contributed by atoms with Crippen molar-refractivity contribution in [1.29, 1.82) is 0 Å². The Bertz CT molecular complexity index is 586. The van der Waals surface area contributed by atoms with Gasteiger partial charge >= 0.3 is 6.18 Å². The van der Waals surface area contributed by atoms with E-state index in [0.29, 0.717) is 3.57 Å². The van der Waals surface area contributed by atoms with Crippen molar-refractivity contribution in [3.8, 4) is 11.1 Å². The van der Waals surface area contributed by atoms with Crippen molar-refractivity contribution >= 4 is 22.6 Å². The maximum absolute atomic E-state index is 13.7. The molecule has 0 aliphatic rings. The van der Waals surface area contributed by atoms with E-state index in [2.05, 4.69) is 10.1 Å². The molecule has 0 spiro atoms. The maximum Gasteiger partial charge on any atom is 0.435 e. The van der Waals surface area contributed by atoms with E-state index in [1.165, 1.54) is 18.5 Å². The van der Waals surface area contributed by atoms with Gasteiger partial charge in [0.2, 0.25) is 5.95 Å². The first-order valence-electron chi connectivity index (χ1n) is 5.29. The van der Waals surface area contributed by atoms with Crippen LogP contribution in [0.25, 0.3) is 11.1 Å². The molecule has 0 bridgehead atoms. The first kappa shape index (κ1) is 14.2. The van der Waals surface area contributed by atoms with Crippen molar-refractivity contribution in [1.82, 2.24) is 14.8 Å². The zero-order chi connectivity index (χ0) is 14.2. The zero-order valence-corrected chi connectivity index (χ0v) is 11.8. The van der Waals surface area contributed by atoms with Gasteiger partial charge in [-0.2, -0.15) is 22.7 Å². The summed E-state index contributed by atoms with van der Waals surface area (Å²) in [5.74, 6) is -0.937. The van der Waals surface area contributed by atoms with Gasteiger partial charge in [0.05, 0.1) is 5.56 Å². The molecule has 0 saturated heterocycles. The molecule has 0 unspecified atom stereocenters. The lowest BCUT2D eigenvalue weighted by atomic mass is 10.1. The highest BCUT2D eigenvalue weighted by Gasteiger charge is 2.38. The monoisotopic (exact) mass is 385 g/mol. The minimum absolute atomic E-state index is 0.171. The Hall–Kier alpha value is -1.19. The summed E-state index contributed by atoms with van der Waals surface area (Å²) in [5.41, 5.74) is -1.56. The molecule has 0 fully saturated rings. The fourth-order valence-electron chi connectivity index (χ4n) is 1.63. The summed E-state index contributed by atoms with van der Waals surface area (Å²) in [6.07, 6.45) is -2.25. The molecule has 0 amide bonds. The largest absolute Gasteiger partial charge is 0.435 e. The number of aryl methyl sites for hydroxylation is 1. The maximum atomic E-state index is 13.7. The van der Waals surface area contributed by atoms with Crippen molar-refractivity contribution in [3.05, 3.63) is 33.7 Å². The number of pyridine rings is 1. The average molecular weight is 385 g/mol. The predicted molar refractivity (Wildman–Crippen MR) is 68.8 cm³/mol. The van der Waals surface area contributed by atoms with Crippen LogP contribution in [0.1, 0.15) is 12.6 Å². The third-order valence-electron chi connectivity index (χ3n) is 2.48. The third kappa shape index (κ3) is 2.72. The van der Waals surface area contributed by atoms with E-state index in [1.54, 1.807) is 29.5 Å². The Morgan fingerprint density at radius 1 is 1.37 bits per heavy atom. The molecule has 8 heteroatoms. The summed E-state index contributed by atoms with van der Waals surface area (Å²) >= 11 is 1.77. The summed E-state index contributed by atoms with van der Waals surface area (Å²) in [6.45, 7) is 1.92. The molecule has 2 aromatic rings. The Kier molecular flexibility index (Phi) is 3.79. The third-order valence-corrected chi connectivity index (χ3v) is 3.38. The molecule has 0 N–H and O–H groups in total. The van der Waals surface area contributed by atoms with E-state index in [0.717, 1.165) is 4.68 Å². The van der Waals surface area contributed by atoms with Crippen LogP contribution in [0.15, 0.2) is 18.5 Å². The van der Waals surface area contributed by atoms with Gasteiger partial charge in [0, 0.05) is 28.1 Å². The fraction of sp³-hybridized carbons (Fsp3) is 0.273. The van der Waals surface area contributed by atoms with Crippen molar-refractivity contribution in [2.24, 2.45) is 0 Å². The van der Waals surface area contributed by atoms with Gasteiger partial charge in [-0.3, -0.25) is 4.68 Å². The second kappa shape index (κ2) is 5.06. The number of aromatic nitrogens is 3. The second-order valence-electron chi connectivity index (χ2n) is 3.70. The topological polar surface area (TPSA) is 30.7 Å². The van der Waals surface area contributed by atoms with Gasteiger partial charge in [-0.15, -0.1) is 0 Å². The van der Waals surface area contributed by atoms with Crippen molar-refractivity contribution in [2.75, 3.05) is 0 Å². The molecule has 19 heavy (non-hydrogen) atoms. The molecule has 2 rings (SSSR count). The summed E-state index contributed by atoms with van der Waals surface area (Å²) < 4.78 is 54.0. The first-order chi connectivity index (χ1) is 8.84. The molecule has 0 aliphatic heterocycles. The van der Waals surface area contributed by atoms with Crippen LogP contribution in [0, 0.1) is 9.52 Å². The van der Waals surface area contributed by atoms with Gasteiger partial charge in [0.15, 0.2) is 5.69 Å². The van der Waals surface area contributed by atoms with Gasteiger partial charge in [-0.1, -0.05) is 0 Å². The molecule has 3 nitrogen and oxygen atoms in total. The Labute approximate surface area is 119 Å². The fourth-order valence-corrected chi connectivity index (χ4v) is 2.30. The van der Waals surface area contributed by atoms with Crippen LogP contribution >= 0.6 is 22.6 Å². The Balaban J connectivity index is 2.71. The minimum Gasteiger partial charge on any atom is -0.272 e. The SMILES string of the molecule is CCn1cc(-c2c(I)ccnc2F)c(C(F)(F)F)n1. The Morgan fingerprint density at radius 3 is 2.58 bits per heavy atom. The molecule has 2 heterocycles. The molecule has 0 atom stereocenters. The lowest BCUT2D eigenvalue weighted by molar-refractivity contribution is -0.141. The highest BCUT2D eigenvalue weighted by atomic mass is 127. The van der Waals surface area contributed by atoms with Crippen LogP contribution < -0.4 is 0 Å². The van der Waals surface area contributed by atoms with Crippen LogP contribution in [0.3, 0.4) is 0 Å². The van der Waals surface area contributed by atoms with Gasteiger partial charge in [-0.05, 0) is 35.6 Å². The molecule has 0 radical (unpaired) electrons. The normalized spacial score (nSPS) is 11.9. The second-order valence-corrected chi connectivity index (χ2v) is 4.87. The van der Waals surface area contributed by atoms with E-state index in [4.69, 9.17) is 0 Å². The highest BCUT2D eigenvalue weighted by Crippen LogP contribution is 2.38. The lowest BCUT2D eigenvalue weighted by Crippen LogP contribution is -2.09. The van der Waals surface area contributed by atoms with E-state index >= 15 is 0 Å². The zero-order valence-electron chi connectivity index (χ0n) is 9.67. The number of hydrogen-bond acceptors (Lipinski definition) is 2. The van der Waals surface area contributed by atoms with Crippen molar-refractivity contribution < 1.29 is 17.6 Å². The number of nitrogens with zero attached hydrogens (tertiary/aromatic N) is 3. The smallest absolute Gasteiger partial charge is 0.272 e. The molecule has 0 aromatic carbocycles. The summed E-state index contributed by atoms with van der Waals surface area (Å²) in [4.78, 5) is 3.40. The minimum atomic E-state index is -4.64. The van der Waals surface area contributed by atoms with E-state index in [-0.39, 0.29) is 17.7 Å². The molecule has 0 saturated carbocycles. The van der Waals surface area contributed by atoms with Crippen LogP contribution in [-0.4, -0.2) is 14.8 Å². The van der Waals surface area contributed by atoms with E-state index < -0.39 is 17.8 Å². The van der Waals surface area contributed by atoms with Gasteiger partial charge in [0.1, 0.15) is 0 Å². The summed E-state index contributed by atoms with van der Waals surface area (Å²) in [6, 6.07) is 1.45. The summed E-state index contributed by atoms with van der Waals surface area (Å²) in [5, 5.41) is 3.45. The van der Waals surface area contributed by atoms with E-state index in [1.807, 2.05) is 0 Å². The van der Waals surface area contributed by atoms with Gasteiger partial charge in [0.25, 0.3) is 0 Å². The quantitative estimate of drug-likeness (QED) is 0.448. The lowest BCUT2D eigenvalue weighted by Gasteiger charge is -2.07. The standard InChI is InChI=1S/C11H8F4IN3/c1-2-19-5-6(9(18-19)11(13,14)15)8-7(16)3-4-17-10(8)12/h3-5H,2H2,1H3. The molecule has 102 valence electrons. The summed E-state index contributed by atoms with van der Waals surface area (Å²) in [7, 11) is 0.